The summed E-state index contributed by atoms with van der Waals surface area (Å²) in [5, 5.41) is 11.8. The van der Waals surface area contributed by atoms with Crippen molar-refractivity contribution in [3.63, 3.8) is 0 Å². The van der Waals surface area contributed by atoms with E-state index >= 15 is 0 Å². The third-order valence-corrected chi connectivity index (χ3v) is 6.31. The molecule has 158 valence electrons. The Morgan fingerprint density at radius 3 is 2.32 bits per heavy atom. The van der Waals surface area contributed by atoms with Crippen molar-refractivity contribution >= 4 is 21.6 Å². The van der Waals surface area contributed by atoms with E-state index in [0.29, 0.717) is 18.0 Å². The maximum atomic E-state index is 12.7. The van der Waals surface area contributed by atoms with Gasteiger partial charge >= 0.3 is 0 Å². The van der Waals surface area contributed by atoms with E-state index in [9.17, 15) is 13.2 Å². The molecular weight excluding hydrogens is 414 g/mol. The molecule has 0 aromatic heterocycles. The molecule has 0 aliphatic rings. The van der Waals surface area contributed by atoms with Crippen molar-refractivity contribution < 1.29 is 17.9 Å². The molecule has 31 heavy (non-hydrogen) atoms. The van der Waals surface area contributed by atoms with Crippen LogP contribution in [0.15, 0.2) is 83.8 Å². The van der Waals surface area contributed by atoms with Gasteiger partial charge in [0.15, 0.2) is 0 Å². The number of nitriles is 1. The van der Waals surface area contributed by atoms with Crippen molar-refractivity contribution in [1.82, 2.24) is 4.31 Å². The predicted octanol–water partition coefficient (Wildman–Crippen LogP) is 3.40. The van der Waals surface area contributed by atoms with Crippen LogP contribution in [-0.2, 0) is 21.4 Å². The van der Waals surface area contributed by atoms with E-state index in [2.05, 4.69) is 5.32 Å². The van der Waals surface area contributed by atoms with Crippen molar-refractivity contribution in [3.05, 3.63) is 90.0 Å². The van der Waals surface area contributed by atoms with Crippen LogP contribution in [0.2, 0.25) is 0 Å². The molecule has 0 fully saturated rings. The first kappa shape index (κ1) is 22.0. The predicted molar refractivity (Wildman–Crippen MR) is 117 cm³/mol. The standard InChI is InChI=1S/C23H21N3O4S/c1-26(31(28,29)22-10-6-5-9-19(22)15-24)16-23(27)25-20-11-13-21(14-12-20)30-17-18-7-3-2-4-8-18/h2-14H,16-17H2,1H3,(H,25,27). The summed E-state index contributed by atoms with van der Waals surface area (Å²) in [6, 6.07) is 24.3. The Kier molecular flexibility index (Phi) is 7.03. The molecule has 3 rings (SSSR count). The van der Waals surface area contributed by atoms with Gasteiger partial charge in [-0.05, 0) is 42.0 Å². The molecule has 0 aliphatic heterocycles. The lowest BCUT2D eigenvalue weighted by atomic mass is 10.2. The number of carbonyl (C=O) groups excluding carboxylic acids is 1. The van der Waals surface area contributed by atoms with Gasteiger partial charge in [-0.25, -0.2) is 8.42 Å². The maximum absolute atomic E-state index is 12.7. The van der Waals surface area contributed by atoms with Crippen LogP contribution >= 0.6 is 0 Å². The van der Waals surface area contributed by atoms with E-state index in [1.165, 1.54) is 25.2 Å². The minimum Gasteiger partial charge on any atom is -0.489 e. The van der Waals surface area contributed by atoms with Gasteiger partial charge in [0, 0.05) is 12.7 Å². The summed E-state index contributed by atoms with van der Waals surface area (Å²) in [5.41, 5.74) is 1.59. The monoisotopic (exact) mass is 435 g/mol. The normalized spacial score (nSPS) is 11.0. The Morgan fingerprint density at radius 2 is 1.65 bits per heavy atom. The number of carbonyl (C=O) groups is 1. The van der Waals surface area contributed by atoms with Crippen LogP contribution in [0.3, 0.4) is 0 Å². The second-order valence-corrected chi connectivity index (χ2v) is 8.73. The summed E-state index contributed by atoms with van der Waals surface area (Å²) in [4.78, 5) is 12.2. The molecule has 0 saturated carbocycles. The topological polar surface area (TPSA) is 99.5 Å². The number of anilines is 1. The molecule has 0 spiro atoms. The van der Waals surface area contributed by atoms with Gasteiger partial charge in [-0.2, -0.15) is 9.57 Å². The fraction of sp³-hybridized carbons (Fsp3) is 0.130. The molecule has 7 nitrogen and oxygen atoms in total. The van der Waals surface area contributed by atoms with Crippen LogP contribution in [0.25, 0.3) is 0 Å². The van der Waals surface area contributed by atoms with Gasteiger partial charge in [0.05, 0.1) is 17.0 Å². The third kappa shape index (κ3) is 5.69. The van der Waals surface area contributed by atoms with Crippen LogP contribution in [0.4, 0.5) is 5.69 Å². The molecule has 3 aromatic rings. The lowest BCUT2D eigenvalue weighted by Gasteiger charge is -2.17. The summed E-state index contributed by atoms with van der Waals surface area (Å²) in [5.74, 6) is 0.146. The van der Waals surface area contributed by atoms with Crippen molar-refractivity contribution in [2.75, 3.05) is 18.9 Å². The van der Waals surface area contributed by atoms with Gasteiger partial charge in [0.1, 0.15) is 18.4 Å². The van der Waals surface area contributed by atoms with Gasteiger partial charge in [-0.3, -0.25) is 4.79 Å². The molecule has 1 amide bonds. The highest BCUT2D eigenvalue weighted by Crippen LogP contribution is 2.20. The molecule has 0 bridgehead atoms. The van der Waals surface area contributed by atoms with E-state index in [0.717, 1.165) is 9.87 Å². The molecule has 8 heteroatoms. The summed E-state index contributed by atoms with van der Waals surface area (Å²) in [7, 11) is -2.68. The molecule has 0 unspecified atom stereocenters. The van der Waals surface area contributed by atoms with E-state index in [-0.39, 0.29) is 10.5 Å². The number of hydrogen-bond donors (Lipinski definition) is 1. The zero-order chi connectivity index (χ0) is 22.3. The molecule has 0 aliphatic carbocycles. The number of hydrogen-bond acceptors (Lipinski definition) is 5. The second-order valence-electron chi connectivity index (χ2n) is 6.72. The van der Waals surface area contributed by atoms with E-state index in [1.54, 1.807) is 30.3 Å². The van der Waals surface area contributed by atoms with Crippen molar-refractivity contribution in [3.8, 4) is 11.8 Å². The van der Waals surface area contributed by atoms with Gasteiger partial charge in [0.2, 0.25) is 15.9 Å². The SMILES string of the molecule is CN(CC(=O)Nc1ccc(OCc2ccccc2)cc1)S(=O)(=O)c1ccccc1C#N. The van der Waals surface area contributed by atoms with Gasteiger partial charge in [-0.1, -0.05) is 42.5 Å². The number of ether oxygens (including phenoxy) is 1. The number of likely N-dealkylation sites (N-methyl/N-ethyl adjacent to an activating group) is 1. The van der Waals surface area contributed by atoms with Crippen molar-refractivity contribution in [2.45, 2.75) is 11.5 Å². The highest BCUT2D eigenvalue weighted by Gasteiger charge is 2.25. The number of amides is 1. The second kappa shape index (κ2) is 9.89. The van der Waals surface area contributed by atoms with E-state index < -0.39 is 22.5 Å². The zero-order valence-corrected chi connectivity index (χ0v) is 17.7. The lowest BCUT2D eigenvalue weighted by molar-refractivity contribution is -0.116. The first-order chi connectivity index (χ1) is 14.9. The number of nitrogens with zero attached hydrogens (tertiary/aromatic N) is 2. The molecule has 1 N–H and O–H groups in total. The Hall–Kier alpha value is -3.67. The molecule has 0 saturated heterocycles. The summed E-state index contributed by atoms with van der Waals surface area (Å²) in [6.45, 7) is 0.0354. The fourth-order valence-electron chi connectivity index (χ4n) is 2.81. The van der Waals surface area contributed by atoms with Crippen LogP contribution in [0, 0.1) is 11.3 Å². The van der Waals surface area contributed by atoms with Gasteiger partial charge in [-0.15, -0.1) is 0 Å². The molecule has 0 heterocycles. The average Bonchev–Trinajstić information content (AvgIpc) is 2.79. The quantitative estimate of drug-likeness (QED) is 0.585. The first-order valence-electron chi connectivity index (χ1n) is 9.42. The first-order valence-corrected chi connectivity index (χ1v) is 10.9. The minimum absolute atomic E-state index is 0.0286. The molecular formula is C23H21N3O4S. The summed E-state index contributed by atoms with van der Waals surface area (Å²) >= 11 is 0. The van der Waals surface area contributed by atoms with Gasteiger partial charge in [0.25, 0.3) is 0 Å². The smallest absolute Gasteiger partial charge is 0.244 e. The van der Waals surface area contributed by atoms with Crippen LogP contribution < -0.4 is 10.1 Å². The van der Waals surface area contributed by atoms with Crippen LogP contribution in [0.5, 0.6) is 5.75 Å². The number of benzene rings is 3. The summed E-state index contributed by atoms with van der Waals surface area (Å²) < 4.78 is 32.0. The molecule has 0 atom stereocenters. The molecule has 0 radical (unpaired) electrons. The minimum atomic E-state index is -3.98. The largest absolute Gasteiger partial charge is 0.489 e. The van der Waals surface area contributed by atoms with Crippen molar-refractivity contribution in [1.29, 1.82) is 5.26 Å². The van der Waals surface area contributed by atoms with Crippen LogP contribution in [0.1, 0.15) is 11.1 Å². The zero-order valence-electron chi connectivity index (χ0n) is 16.9. The van der Waals surface area contributed by atoms with Crippen LogP contribution in [-0.4, -0.2) is 32.2 Å². The highest BCUT2D eigenvalue weighted by atomic mass is 32.2. The number of nitrogens with one attached hydrogen (secondary N) is 1. The Morgan fingerprint density at radius 1 is 1.00 bits per heavy atom. The highest BCUT2D eigenvalue weighted by molar-refractivity contribution is 7.89. The van der Waals surface area contributed by atoms with E-state index in [4.69, 9.17) is 10.00 Å². The third-order valence-electron chi connectivity index (χ3n) is 4.45. The Bertz CT molecular complexity index is 1190. The summed E-state index contributed by atoms with van der Waals surface area (Å²) in [6.07, 6.45) is 0. The average molecular weight is 436 g/mol. The fourth-order valence-corrected chi connectivity index (χ4v) is 4.08. The molecule has 3 aromatic carbocycles. The van der Waals surface area contributed by atoms with Gasteiger partial charge < -0.3 is 10.1 Å². The Labute approximate surface area is 181 Å². The van der Waals surface area contributed by atoms with Crippen molar-refractivity contribution in [2.24, 2.45) is 0 Å². The lowest BCUT2D eigenvalue weighted by Crippen LogP contribution is -2.35. The Balaban J connectivity index is 1.58. The number of rotatable bonds is 8. The number of sulfonamides is 1. The van der Waals surface area contributed by atoms with E-state index in [1.807, 2.05) is 36.4 Å². The maximum Gasteiger partial charge on any atom is 0.244 e.